The minimum atomic E-state index is -0.841. The van der Waals surface area contributed by atoms with Crippen molar-refractivity contribution in [3.05, 3.63) is 12.2 Å². The van der Waals surface area contributed by atoms with E-state index in [9.17, 15) is 19.8 Å². The second-order valence-corrected chi connectivity index (χ2v) is 18.6. The summed E-state index contributed by atoms with van der Waals surface area (Å²) in [4.78, 5) is 24.4. The van der Waals surface area contributed by atoms with Crippen LogP contribution in [0.4, 0.5) is 0 Å². The second kappa shape index (κ2) is 50.2. The Hall–Kier alpha value is -1.40. The molecule has 0 spiro atoms. The molecular formula is C54H105NO5. The fraction of sp³-hybridized carbons (Fsp3) is 0.926. The van der Waals surface area contributed by atoms with E-state index in [1.54, 1.807) is 6.08 Å². The second-order valence-electron chi connectivity index (χ2n) is 18.6. The molecule has 0 saturated heterocycles. The van der Waals surface area contributed by atoms with Gasteiger partial charge < -0.3 is 20.3 Å². The summed E-state index contributed by atoms with van der Waals surface area (Å²) in [7, 11) is 0. The Morgan fingerprint density at radius 3 is 1.13 bits per heavy atom. The molecule has 2 atom stereocenters. The van der Waals surface area contributed by atoms with E-state index in [4.69, 9.17) is 4.74 Å². The number of carbonyl (C=O) groups is 2. The Morgan fingerprint density at radius 2 is 0.767 bits per heavy atom. The number of hydrogen-bond donors (Lipinski definition) is 3. The van der Waals surface area contributed by atoms with Crippen LogP contribution in [0.1, 0.15) is 296 Å². The summed E-state index contributed by atoms with van der Waals surface area (Å²) in [6, 6.07) is -0.625. The number of nitrogens with one attached hydrogen (secondary N) is 1. The molecule has 356 valence electrons. The quantitative estimate of drug-likeness (QED) is 0.0322. The van der Waals surface area contributed by atoms with Gasteiger partial charge in [0.15, 0.2) is 0 Å². The number of aliphatic hydroxyl groups is 2. The summed E-state index contributed by atoms with van der Waals surface area (Å²) in [5.74, 6) is -0.0571. The Bertz CT molecular complexity index is 893. The van der Waals surface area contributed by atoms with Crippen LogP contribution in [-0.4, -0.2) is 47.4 Å². The van der Waals surface area contributed by atoms with E-state index in [1.807, 2.05) is 6.08 Å². The topological polar surface area (TPSA) is 95.9 Å². The maximum absolute atomic E-state index is 12.4. The van der Waals surface area contributed by atoms with Crippen molar-refractivity contribution in [3.63, 3.8) is 0 Å². The molecule has 0 aliphatic heterocycles. The van der Waals surface area contributed by atoms with Crippen LogP contribution in [-0.2, 0) is 14.3 Å². The van der Waals surface area contributed by atoms with Gasteiger partial charge in [0, 0.05) is 12.8 Å². The van der Waals surface area contributed by atoms with Gasteiger partial charge in [-0.1, -0.05) is 264 Å². The van der Waals surface area contributed by atoms with Gasteiger partial charge in [-0.15, -0.1) is 0 Å². The molecule has 0 aliphatic rings. The van der Waals surface area contributed by atoms with Crippen LogP contribution in [0.2, 0.25) is 0 Å². The Labute approximate surface area is 374 Å². The lowest BCUT2D eigenvalue weighted by molar-refractivity contribution is -0.143. The first kappa shape index (κ1) is 58.6. The molecule has 0 saturated carbocycles. The first-order valence-electron chi connectivity index (χ1n) is 27.0. The number of ether oxygens (including phenoxy) is 1. The lowest BCUT2D eigenvalue weighted by atomic mass is 10.0. The SMILES string of the molecule is CCCCCCCCCC/C=C/C(O)C(CO)NC(=O)CCCCCCCCCCCCCCCCCCCCCCCCOC(=O)CCCCCCCCCCCCC. The first-order chi connectivity index (χ1) is 29.5. The van der Waals surface area contributed by atoms with E-state index in [1.165, 1.54) is 231 Å². The van der Waals surface area contributed by atoms with E-state index >= 15 is 0 Å². The summed E-state index contributed by atoms with van der Waals surface area (Å²) in [6.45, 7) is 4.89. The highest BCUT2D eigenvalue weighted by Gasteiger charge is 2.18. The van der Waals surface area contributed by atoms with E-state index in [2.05, 4.69) is 19.2 Å². The lowest BCUT2D eigenvalue weighted by Gasteiger charge is -2.20. The Kier molecular flexibility index (Phi) is 49.1. The van der Waals surface area contributed by atoms with Crippen molar-refractivity contribution in [1.29, 1.82) is 0 Å². The van der Waals surface area contributed by atoms with Gasteiger partial charge in [0.05, 0.1) is 25.4 Å². The number of amides is 1. The zero-order valence-electron chi connectivity index (χ0n) is 40.5. The predicted molar refractivity (Wildman–Crippen MR) is 260 cm³/mol. The van der Waals surface area contributed by atoms with Crippen LogP contribution in [0.15, 0.2) is 12.2 Å². The van der Waals surface area contributed by atoms with Crippen molar-refractivity contribution in [2.75, 3.05) is 13.2 Å². The normalized spacial score (nSPS) is 12.7. The molecule has 0 aromatic carbocycles. The molecule has 0 aromatic rings. The van der Waals surface area contributed by atoms with Crippen molar-refractivity contribution in [2.24, 2.45) is 0 Å². The summed E-state index contributed by atoms with van der Waals surface area (Å²) >= 11 is 0. The van der Waals surface area contributed by atoms with Gasteiger partial charge in [-0.25, -0.2) is 0 Å². The number of allylic oxidation sites excluding steroid dienone is 1. The molecule has 0 heterocycles. The minimum Gasteiger partial charge on any atom is -0.466 e. The van der Waals surface area contributed by atoms with E-state index in [0.717, 1.165) is 38.5 Å². The summed E-state index contributed by atoms with van der Waals surface area (Å²) in [5, 5.41) is 22.9. The molecule has 0 radical (unpaired) electrons. The monoisotopic (exact) mass is 848 g/mol. The number of aliphatic hydroxyl groups excluding tert-OH is 2. The molecular weight excluding hydrogens is 743 g/mol. The fourth-order valence-corrected chi connectivity index (χ4v) is 8.40. The number of carbonyl (C=O) groups excluding carboxylic acids is 2. The first-order valence-corrected chi connectivity index (χ1v) is 27.0. The van der Waals surface area contributed by atoms with Gasteiger partial charge in [-0.3, -0.25) is 9.59 Å². The van der Waals surface area contributed by atoms with Crippen molar-refractivity contribution in [3.8, 4) is 0 Å². The van der Waals surface area contributed by atoms with Crippen LogP contribution in [0.5, 0.6) is 0 Å². The van der Waals surface area contributed by atoms with E-state index in [0.29, 0.717) is 19.4 Å². The predicted octanol–water partition coefficient (Wildman–Crippen LogP) is 16.1. The van der Waals surface area contributed by atoms with Gasteiger partial charge >= 0.3 is 5.97 Å². The van der Waals surface area contributed by atoms with E-state index < -0.39 is 12.1 Å². The third-order valence-electron chi connectivity index (χ3n) is 12.6. The smallest absolute Gasteiger partial charge is 0.305 e. The van der Waals surface area contributed by atoms with Crippen molar-refractivity contribution < 1.29 is 24.5 Å². The summed E-state index contributed by atoms with van der Waals surface area (Å²) in [5.41, 5.74) is 0. The highest BCUT2D eigenvalue weighted by atomic mass is 16.5. The largest absolute Gasteiger partial charge is 0.466 e. The summed E-state index contributed by atoms with van der Waals surface area (Å²) < 4.78 is 5.46. The number of hydrogen-bond acceptors (Lipinski definition) is 5. The lowest BCUT2D eigenvalue weighted by Crippen LogP contribution is -2.45. The molecule has 0 fully saturated rings. The highest BCUT2D eigenvalue weighted by Crippen LogP contribution is 2.17. The van der Waals surface area contributed by atoms with Crippen molar-refractivity contribution >= 4 is 11.9 Å². The Morgan fingerprint density at radius 1 is 0.450 bits per heavy atom. The average Bonchev–Trinajstić information content (AvgIpc) is 3.25. The molecule has 0 rings (SSSR count). The standard InChI is InChI=1S/C54H105NO5/c1-3-5-7-9-11-13-27-32-36-40-44-48-54(59)60-49-45-41-37-33-29-26-24-22-20-18-16-15-17-19-21-23-25-28-31-35-39-43-47-53(58)55-51(50-56)52(57)46-42-38-34-30-14-12-10-8-6-4-2/h42,46,51-52,56-57H,3-41,43-45,47-50H2,1-2H3,(H,55,58)/b46-42+. The number of esters is 1. The highest BCUT2D eigenvalue weighted by molar-refractivity contribution is 5.76. The molecule has 1 amide bonds. The van der Waals surface area contributed by atoms with Crippen LogP contribution < -0.4 is 5.32 Å². The van der Waals surface area contributed by atoms with Gasteiger partial charge in [0.25, 0.3) is 0 Å². The molecule has 3 N–H and O–H groups in total. The third-order valence-corrected chi connectivity index (χ3v) is 12.6. The van der Waals surface area contributed by atoms with Gasteiger partial charge in [0.1, 0.15) is 0 Å². The molecule has 0 aromatic heterocycles. The number of rotatable bonds is 50. The molecule has 6 heteroatoms. The van der Waals surface area contributed by atoms with Gasteiger partial charge in [0.2, 0.25) is 5.91 Å². The zero-order valence-corrected chi connectivity index (χ0v) is 40.5. The Balaban J connectivity index is 3.37. The van der Waals surface area contributed by atoms with Crippen LogP contribution in [0.25, 0.3) is 0 Å². The minimum absolute atomic E-state index is 0.0123. The summed E-state index contributed by atoms with van der Waals surface area (Å²) in [6.07, 6.45) is 58.0. The fourth-order valence-electron chi connectivity index (χ4n) is 8.40. The third kappa shape index (κ3) is 46.1. The van der Waals surface area contributed by atoms with Crippen LogP contribution >= 0.6 is 0 Å². The molecule has 0 aliphatic carbocycles. The van der Waals surface area contributed by atoms with Gasteiger partial charge in [-0.05, 0) is 32.1 Å². The maximum atomic E-state index is 12.4. The van der Waals surface area contributed by atoms with Crippen molar-refractivity contribution in [1.82, 2.24) is 5.32 Å². The number of unbranched alkanes of at least 4 members (excludes halogenated alkanes) is 39. The van der Waals surface area contributed by atoms with Gasteiger partial charge in [-0.2, -0.15) is 0 Å². The van der Waals surface area contributed by atoms with Crippen molar-refractivity contribution in [2.45, 2.75) is 309 Å². The molecule has 2 unspecified atom stereocenters. The van der Waals surface area contributed by atoms with Crippen LogP contribution in [0, 0.1) is 0 Å². The molecule has 6 nitrogen and oxygen atoms in total. The average molecular weight is 848 g/mol. The van der Waals surface area contributed by atoms with Crippen LogP contribution in [0.3, 0.4) is 0 Å². The molecule has 0 bridgehead atoms. The maximum Gasteiger partial charge on any atom is 0.305 e. The molecule has 60 heavy (non-hydrogen) atoms. The van der Waals surface area contributed by atoms with E-state index in [-0.39, 0.29) is 18.5 Å². The zero-order chi connectivity index (χ0) is 43.7.